The van der Waals surface area contributed by atoms with E-state index in [4.69, 9.17) is 9.57 Å². The molecule has 0 atom stereocenters. The summed E-state index contributed by atoms with van der Waals surface area (Å²) >= 11 is 0. The number of nitrogens with zero attached hydrogens (tertiary/aromatic N) is 2. The number of alkyl carbamates (subject to hydrolysis) is 1. The first-order valence-corrected chi connectivity index (χ1v) is 9.90. The molecule has 0 bridgehead atoms. The van der Waals surface area contributed by atoms with Crippen LogP contribution in [-0.4, -0.2) is 48.2 Å². The topological polar surface area (TPSA) is 63.2 Å². The standard InChI is InChI=1S/C21H31N3O3/c1-21(2,3)27-20(25)22-18-11-13-24(14-12-18)19(17-7-5-4-6-8-17)23-26-15-16-9-10-16/h4-8,16,18H,9-15H2,1-3H3,(H,22,25)/b23-19+. The highest BCUT2D eigenvalue weighted by Crippen LogP contribution is 2.29. The molecule has 6 nitrogen and oxygen atoms in total. The van der Waals surface area contributed by atoms with Crippen LogP contribution in [0.25, 0.3) is 0 Å². The van der Waals surface area contributed by atoms with Crippen molar-refractivity contribution in [3.05, 3.63) is 35.9 Å². The zero-order valence-electron chi connectivity index (χ0n) is 16.6. The van der Waals surface area contributed by atoms with Crippen molar-refractivity contribution in [2.24, 2.45) is 11.1 Å². The van der Waals surface area contributed by atoms with Crippen LogP contribution in [0.2, 0.25) is 0 Å². The molecular weight excluding hydrogens is 342 g/mol. The number of likely N-dealkylation sites (tertiary alicyclic amines) is 1. The fraction of sp³-hybridized carbons (Fsp3) is 0.619. The number of carbonyl (C=O) groups excluding carboxylic acids is 1. The summed E-state index contributed by atoms with van der Waals surface area (Å²) in [5, 5.41) is 7.44. The number of hydrogen-bond acceptors (Lipinski definition) is 4. The molecule has 2 fully saturated rings. The molecule has 1 aromatic carbocycles. The average Bonchev–Trinajstić information content (AvgIpc) is 3.43. The van der Waals surface area contributed by atoms with E-state index >= 15 is 0 Å². The summed E-state index contributed by atoms with van der Waals surface area (Å²) in [6.45, 7) is 7.97. The number of amides is 1. The first-order chi connectivity index (χ1) is 12.9. The molecule has 1 amide bonds. The maximum atomic E-state index is 12.0. The van der Waals surface area contributed by atoms with E-state index < -0.39 is 5.60 Å². The van der Waals surface area contributed by atoms with Gasteiger partial charge in [-0.05, 0) is 52.4 Å². The van der Waals surface area contributed by atoms with Crippen molar-refractivity contribution in [1.82, 2.24) is 10.2 Å². The van der Waals surface area contributed by atoms with Gasteiger partial charge < -0.3 is 19.8 Å². The first kappa shape index (κ1) is 19.5. The zero-order chi connectivity index (χ0) is 19.3. The fourth-order valence-corrected chi connectivity index (χ4v) is 3.08. The number of carbonyl (C=O) groups is 1. The normalized spacial score (nSPS) is 18.9. The molecule has 3 rings (SSSR count). The van der Waals surface area contributed by atoms with E-state index in [-0.39, 0.29) is 12.1 Å². The molecule has 6 heteroatoms. The first-order valence-electron chi connectivity index (χ1n) is 9.90. The molecule has 27 heavy (non-hydrogen) atoms. The number of benzene rings is 1. The van der Waals surface area contributed by atoms with E-state index in [9.17, 15) is 4.79 Å². The van der Waals surface area contributed by atoms with Crippen LogP contribution >= 0.6 is 0 Å². The Morgan fingerprint density at radius 1 is 1.15 bits per heavy atom. The second-order valence-corrected chi connectivity index (χ2v) is 8.43. The van der Waals surface area contributed by atoms with E-state index in [1.807, 2.05) is 39.0 Å². The third-order valence-electron chi connectivity index (χ3n) is 4.71. The van der Waals surface area contributed by atoms with E-state index in [0.29, 0.717) is 12.5 Å². The highest BCUT2D eigenvalue weighted by Gasteiger charge is 2.26. The minimum Gasteiger partial charge on any atom is -0.444 e. The van der Waals surface area contributed by atoms with E-state index in [0.717, 1.165) is 37.3 Å². The van der Waals surface area contributed by atoms with Crippen molar-refractivity contribution >= 4 is 11.9 Å². The van der Waals surface area contributed by atoms with Gasteiger partial charge in [0.1, 0.15) is 12.2 Å². The van der Waals surface area contributed by atoms with Gasteiger partial charge in [-0.25, -0.2) is 4.79 Å². The summed E-state index contributed by atoms with van der Waals surface area (Å²) in [6, 6.07) is 10.3. The highest BCUT2D eigenvalue weighted by atomic mass is 16.6. The summed E-state index contributed by atoms with van der Waals surface area (Å²) in [5.74, 6) is 1.56. The largest absolute Gasteiger partial charge is 0.444 e. The number of amidine groups is 1. The third kappa shape index (κ3) is 6.45. The lowest BCUT2D eigenvalue weighted by molar-refractivity contribution is 0.0487. The quantitative estimate of drug-likeness (QED) is 0.485. The number of oxime groups is 1. The van der Waals surface area contributed by atoms with E-state index in [1.165, 1.54) is 12.8 Å². The fourth-order valence-electron chi connectivity index (χ4n) is 3.08. The summed E-state index contributed by atoms with van der Waals surface area (Å²) in [5.41, 5.74) is 0.587. The molecule has 0 unspecified atom stereocenters. The molecule has 0 aromatic heterocycles. The van der Waals surface area contributed by atoms with Gasteiger partial charge in [-0.2, -0.15) is 0 Å². The van der Waals surface area contributed by atoms with Gasteiger partial charge in [0, 0.05) is 24.7 Å². The van der Waals surface area contributed by atoms with Crippen LogP contribution in [-0.2, 0) is 9.57 Å². The van der Waals surface area contributed by atoms with Gasteiger partial charge in [-0.3, -0.25) is 0 Å². The molecule has 1 saturated carbocycles. The Labute approximate surface area is 161 Å². The molecule has 1 saturated heterocycles. The number of rotatable bonds is 5. The van der Waals surface area contributed by atoms with Crippen molar-refractivity contribution in [2.45, 2.75) is 58.1 Å². The van der Waals surface area contributed by atoms with Crippen molar-refractivity contribution in [3.63, 3.8) is 0 Å². The molecule has 0 spiro atoms. The van der Waals surface area contributed by atoms with Crippen molar-refractivity contribution in [2.75, 3.05) is 19.7 Å². The Balaban J connectivity index is 1.56. The maximum Gasteiger partial charge on any atom is 0.407 e. The molecular formula is C21H31N3O3. The van der Waals surface area contributed by atoms with E-state index in [1.54, 1.807) is 0 Å². The number of ether oxygens (including phenoxy) is 1. The molecule has 0 radical (unpaired) electrons. The molecule has 1 N–H and O–H groups in total. The molecule has 148 valence electrons. The Morgan fingerprint density at radius 3 is 2.41 bits per heavy atom. The van der Waals surface area contributed by atoms with Crippen molar-refractivity contribution in [3.8, 4) is 0 Å². The lowest BCUT2D eigenvalue weighted by Crippen LogP contribution is -2.47. The van der Waals surface area contributed by atoms with Crippen LogP contribution in [0.15, 0.2) is 35.5 Å². The van der Waals surface area contributed by atoms with Crippen LogP contribution in [0.4, 0.5) is 4.79 Å². The number of nitrogens with one attached hydrogen (secondary N) is 1. The minimum absolute atomic E-state index is 0.125. The lowest BCUT2D eigenvalue weighted by atomic mass is 10.0. The van der Waals surface area contributed by atoms with Crippen LogP contribution in [0.3, 0.4) is 0 Å². The molecule has 2 aliphatic rings. The average molecular weight is 373 g/mol. The highest BCUT2D eigenvalue weighted by molar-refractivity contribution is 5.98. The maximum absolute atomic E-state index is 12.0. The second kappa shape index (κ2) is 8.63. The van der Waals surface area contributed by atoms with Gasteiger partial charge in [0.05, 0.1) is 0 Å². The summed E-state index contributed by atoms with van der Waals surface area (Å²) in [7, 11) is 0. The second-order valence-electron chi connectivity index (χ2n) is 8.43. The molecule has 1 aliphatic heterocycles. The van der Waals surface area contributed by atoms with Gasteiger partial charge in [0.15, 0.2) is 5.84 Å². The predicted molar refractivity (Wildman–Crippen MR) is 106 cm³/mol. The SMILES string of the molecule is CC(C)(C)OC(=O)NC1CCN(/C(=N/OCC2CC2)c2ccccc2)CC1. The molecule has 1 aliphatic carbocycles. The lowest BCUT2D eigenvalue weighted by Gasteiger charge is -2.34. The van der Waals surface area contributed by atoms with Crippen LogP contribution in [0.5, 0.6) is 0 Å². The summed E-state index contributed by atoms with van der Waals surface area (Å²) in [4.78, 5) is 19.9. The Bertz CT molecular complexity index is 642. The van der Waals surface area contributed by atoms with Crippen LogP contribution in [0.1, 0.15) is 52.0 Å². The zero-order valence-corrected chi connectivity index (χ0v) is 16.6. The van der Waals surface area contributed by atoms with Crippen molar-refractivity contribution < 1.29 is 14.4 Å². The Morgan fingerprint density at radius 2 is 1.81 bits per heavy atom. The van der Waals surface area contributed by atoms with Gasteiger partial charge in [0.25, 0.3) is 0 Å². The predicted octanol–water partition coefficient (Wildman–Crippen LogP) is 3.76. The monoisotopic (exact) mass is 373 g/mol. The number of piperidine rings is 1. The smallest absolute Gasteiger partial charge is 0.407 e. The van der Waals surface area contributed by atoms with E-state index in [2.05, 4.69) is 27.5 Å². The van der Waals surface area contributed by atoms with Gasteiger partial charge in [0.2, 0.25) is 0 Å². The third-order valence-corrected chi connectivity index (χ3v) is 4.71. The Hall–Kier alpha value is -2.24. The van der Waals surface area contributed by atoms with Gasteiger partial charge in [-0.15, -0.1) is 0 Å². The summed E-state index contributed by atoms with van der Waals surface area (Å²) < 4.78 is 5.36. The van der Waals surface area contributed by atoms with Gasteiger partial charge in [-0.1, -0.05) is 35.5 Å². The Kier molecular flexibility index (Phi) is 6.24. The molecule has 1 aromatic rings. The van der Waals surface area contributed by atoms with Crippen molar-refractivity contribution in [1.29, 1.82) is 0 Å². The molecule has 1 heterocycles. The van der Waals surface area contributed by atoms with Gasteiger partial charge >= 0.3 is 6.09 Å². The van der Waals surface area contributed by atoms with Crippen LogP contribution in [0, 0.1) is 5.92 Å². The van der Waals surface area contributed by atoms with Crippen LogP contribution < -0.4 is 5.32 Å². The summed E-state index contributed by atoms with van der Waals surface area (Å²) in [6.07, 6.45) is 3.86. The minimum atomic E-state index is -0.475. The number of hydrogen-bond donors (Lipinski definition) is 1.